The van der Waals surface area contributed by atoms with E-state index in [1.165, 1.54) is 0 Å². The zero-order chi connectivity index (χ0) is 20.8. The number of nitrogens with zero attached hydrogens (tertiary/aromatic N) is 4. The third kappa shape index (κ3) is 5.91. The van der Waals surface area contributed by atoms with Gasteiger partial charge in [-0.25, -0.2) is 0 Å². The lowest BCUT2D eigenvalue weighted by Gasteiger charge is -2.07. The summed E-state index contributed by atoms with van der Waals surface area (Å²) in [6.45, 7) is 3.75. The minimum atomic E-state index is 0.0937. The van der Waals surface area contributed by atoms with Gasteiger partial charge in [0.25, 0.3) is 0 Å². The van der Waals surface area contributed by atoms with Crippen LogP contribution in [0.2, 0.25) is 10.0 Å². The first-order chi connectivity index (χ1) is 13.9. The fourth-order valence-corrected chi connectivity index (χ4v) is 2.63. The molecule has 0 aliphatic carbocycles. The van der Waals surface area contributed by atoms with Gasteiger partial charge in [-0.2, -0.15) is 20.2 Å². The van der Waals surface area contributed by atoms with E-state index in [0.29, 0.717) is 21.7 Å². The number of nitrogens with one attached hydrogen (secondary N) is 2. The number of benzene rings is 2. The van der Waals surface area contributed by atoms with Crippen LogP contribution in [0.15, 0.2) is 64.8 Å². The molecule has 148 valence electrons. The zero-order valence-electron chi connectivity index (χ0n) is 15.8. The highest BCUT2D eigenvalue weighted by molar-refractivity contribution is 6.31. The van der Waals surface area contributed by atoms with Gasteiger partial charge in [0.1, 0.15) is 0 Å². The molecular formula is C20H19Cl2N7. The van der Waals surface area contributed by atoms with E-state index in [9.17, 15) is 0 Å². The molecule has 0 bridgehead atoms. The number of nitrogen functional groups attached to an aromatic ring is 1. The minimum absolute atomic E-state index is 0.0937. The van der Waals surface area contributed by atoms with Crippen LogP contribution in [0.25, 0.3) is 0 Å². The molecule has 0 aliphatic heterocycles. The van der Waals surface area contributed by atoms with Crippen molar-refractivity contribution in [3.63, 3.8) is 0 Å². The second-order valence-corrected chi connectivity index (χ2v) is 7.00. The van der Waals surface area contributed by atoms with Gasteiger partial charge in [0, 0.05) is 16.1 Å². The van der Waals surface area contributed by atoms with E-state index in [1.54, 1.807) is 6.07 Å². The van der Waals surface area contributed by atoms with Crippen molar-refractivity contribution >= 4 is 52.2 Å². The third-order valence-electron chi connectivity index (χ3n) is 3.94. The predicted octanol–water partition coefficient (Wildman–Crippen LogP) is 5.04. The number of hydrazone groups is 2. The third-order valence-corrected chi connectivity index (χ3v) is 4.45. The lowest BCUT2D eigenvalue weighted by molar-refractivity contribution is 1.13. The Kier molecular flexibility index (Phi) is 6.64. The summed E-state index contributed by atoms with van der Waals surface area (Å²) >= 11 is 11.8. The SMILES string of the molecule is CC(=NNc1cc(NN=C(C)c2ccc(Cl)cc2)nc(N)n1)c1ccc(Cl)cc1. The Labute approximate surface area is 178 Å². The molecule has 2 aromatic carbocycles. The van der Waals surface area contributed by atoms with Crippen molar-refractivity contribution in [2.75, 3.05) is 16.6 Å². The smallest absolute Gasteiger partial charge is 0.224 e. The van der Waals surface area contributed by atoms with Gasteiger partial charge < -0.3 is 5.73 Å². The molecule has 3 rings (SSSR count). The predicted molar refractivity (Wildman–Crippen MR) is 121 cm³/mol. The summed E-state index contributed by atoms with van der Waals surface area (Å²) in [6.07, 6.45) is 0. The number of aromatic nitrogens is 2. The standard InChI is InChI=1S/C20H19Cl2N7/c1-12(14-3-7-16(21)8-4-14)26-28-18-11-19(25-20(23)24-18)29-27-13(2)15-5-9-17(22)10-6-15/h3-11H,1-2H3,(H4,23,24,25,28,29). The van der Waals surface area contributed by atoms with E-state index in [4.69, 9.17) is 28.9 Å². The monoisotopic (exact) mass is 427 g/mol. The van der Waals surface area contributed by atoms with E-state index >= 15 is 0 Å². The summed E-state index contributed by atoms with van der Waals surface area (Å²) in [4.78, 5) is 8.27. The zero-order valence-corrected chi connectivity index (χ0v) is 17.3. The summed E-state index contributed by atoms with van der Waals surface area (Å²) in [7, 11) is 0. The number of anilines is 3. The molecule has 0 saturated heterocycles. The highest BCUT2D eigenvalue weighted by Crippen LogP contribution is 2.15. The molecule has 0 amide bonds. The molecule has 0 spiro atoms. The molecule has 29 heavy (non-hydrogen) atoms. The number of nitrogens with two attached hydrogens (primary N) is 1. The Hall–Kier alpha value is -3.16. The fraction of sp³-hybridized carbons (Fsp3) is 0.100. The number of rotatable bonds is 6. The van der Waals surface area contributed by atoms with Gasteiger partial charge in [-0.15, -0.1) is 0 Å². The topological polar surface area (TPSA) is 101 Å². The van der Waals surface area contributed by atoms with Crippen LogP contribution in [0.1, 0.15) is 25.0 Å². The van der Waals surface area contributed by atoms with Crippen molar-refractivity contribution < 1.29 is 0 Å². The average Bonchev–Trinajstić information content (AvgIpc) is 2.71. The molecule has 0 atom stereocenters. The highest BCUT2D eigenvalue weighted by atomic mass is 35.5. The van der Waals surface area contributed by atoms with Crippen LogP contribution in [0.4, 0.5) is 17.6 Å². The molecule has 0 radical (unpaired) electrons. The summed E-state index contributed by atoms with van der Waals surface area (Å²) < 4.78 is 0. The molecule has 1 heterocycles. The molecule has 0 aliphatic rings. The maximum absolute atomic E-state index is 5.91. The van der Waals surface area contributed by atoms with Crippen molar-refractivity contribution in [3.8, 4) is 0 Å². The first-order valence-electron chi connectivity index (χ1n) is 8.68. The van der Waals surface area contributed by atoms with Crippen molar-refractivity contribution in [2.45, 2.75) is 13.8 Å². The van der Waals surface area contributed by atoms with E-state index in [1.807, 2.05) is 62.4 Å². The van der Waals surface area contributed by atoms with Crippen molar-refractivity contribution in [2.24, 2.45) is 10.2 Å². The largest absolute Gasteiger partial charge is 0.368 e. The van der Waals surface area contributed by atoms with Gasteiger partial charge >= 0.3 is 0 Å². The highest BCUT2D eigenvalue weighted by Gasteiger charge is 2.04. The first-order valence-corrected chi connectivity index (χ1v) is 9.43. The van der Waals surface area contributed by atoms with Gasteiger partial charge in [0.2, 0.25) is 5.95 Å². The molecule has 0 fully saturated rings. The molecule has 4 N–H and O–H groups in total. The Morgan fingerprint density at radius 1 is 0.759 bits per heavy atom. The van der Waals surface area contributed by atoms with Crippen LogP contribution < -0.4 is 16.6 Å². The second kappa shape index (κ2) is 9.36. The van der Waals surface area contributed by atoms with Crippen LogP contribution in [-0.2, 0) is 0 Å². The molecule has 7 nitrogen and oxygen atoms in total. The summed E-state index contributed by atoms with van der Waals surface area (Å²) in [5.74, 6) is 0.969. The fourth-order valence-electron chi connectivity index (χ4n) is 2.37. The molecule has 3 aromatic rings. The maximum atomic E-state index is 5.91. The first kappa shape index (κ1) is 20.6. The van der Waals surface area contributed by atoms with E-state index in [2.05, 4.69) is 31.0 Å². The lowest BCUT2D eigenvalue weighted by Crippen LogP contribution is -2.06. The maximum Gasteiger partial charge on any atom is 0.224 e. The second-order valence-electron chi connectivity index (χ2n) is 6.13. The van der Waals surface area contributed by atoms with Crippen LogP contribution in [0.3, 0.4) is 0 Å². The van der Waals surface area contributed by atoms with Crippen LogP contribution in [0.5, 0.6) is 0 Å². The Bertz CT molecular complexity index is 964. The number of hydrogen-bond acceptors (Lipinski definition) is 7. The van der Waals surface area contributed by atoms with Crippen molar-refractivity contribution in [1.82, 2.24) is 9.97 Å². The van der Waals surface area contributed by atoms with Gasteiger partial charge in [0.15, 0.2) is 11.6 Å². The Morgan fingerprint density at radius 3 is 1.52 bits per heavy atom. The molecule has 1 aromatic heterocycles. The quantitative estimate of drug-likeness (QED) is 0.377. The van der Waals surface area contributed by atoms with Crippen LogP contribution in [0, 0.1) is 0 Å². The summed E-state index contributed by atoms with van der Waals surface area (Å²) in [5.41, 5.74) is 15.0. The molecule has 0 saturated carbocycles. The van der Waals surface area contributed by atoms with Gasteiger partial charge in [0.05, 0.1) is 11.4 Å². The lowest BCUT2D eigenvalue weighted by atomic mass is 10.1. The van der Waals surface area contributed by atoms with Crippen LogP contribution >= 0.6 is 23.2 Å². The van der Waals surface area contributed by atoms with Gasteiger partial charge in [-0.3, -0.25) is 10.9 Å². The van der Waals surface area contributed by atoms with Gasteiger partial charge in [-0.1, -0.05) is 47.5 Å². The van der Waals surface area contributed by atoms with E-state index in [-0.39, 0.29) is 5.95 Å². The van der Waals surface area contributed by atoms with Crippen molar-refractivity contribution in [1.29, 1.82) is 0 Å². The Morgan fingerprint density at radius 2 is 1.14 bits per heavy atom. The molecule has 0 unspecified atom stereocenters. The summed E-state index contributed by atoms with van der Waals surface area (Å²) in [6, 6.07) is 16.4. The molecular weight excluding hydrogens is 409 g/mol. The van der Waals surface area contributed by atoms with Crippen LogP contribution in [-0.4, -0.2) is 21.4 Å². The van der Waals surface area contributed by atoms with Gasteiger partial charge in [-0.05, 0) is 49.2 Å². The number of halogens is 2. The number of hydrogen-bond donors (Lipinski definition) is 3. The molecule has 9 heteroatoms. The Balaban J connectivity index is 1.72. The summed E-state index contributed by atoms with van der Waals surface area (Å²) in [5, 5.41) is 10.00. The average molecular weight is 428 g/mol. The minimum Gasteiger partial charge on any atom is -0.368 e. The van der Waals surface area contributed by atoms with E-state index < -0.39 is 0 Å². The van der Waals surface area contributed by atoms with Crippen molar-refractivity contribution in [3.05, 3.63) is 75.8 Å². The van der Waals surface area contributed by atoms with E-state index in [0.717, 1.165) is 22.6 Å². The normalized spacial score (nSPS) is 12.0.